The van der Waals surface area contributed by atoms with Crippen LogP contribution in [0.4, 0.5) is 0 Å². The third-order valence-corrected chi connectivity index (χ3v) is 6.44. The minimum atomic E-state index is 0.250. The minimum Gasteiger partial charge on any atom is -0.335 e. The first-order valence-electron chi connectivity index (χ1n) is 9.03. The second-order valence-corrected chi connectivity index (χ2v) is 7.88. The lowest BCUT2D eigenvalue weighted by molar-refractivity contribution is -0.0543. The number of hydrogen-bond acceptors (Lipinski definition) is 1. The highest BCUT2D eigenvalue weighted by Gasteiger charge is 2.50. The second-order valence-electron chi connectivity index (χ2n) is 7.88. The maximum absolute atomic E-state index is 13.0. The van der Waals surface area contributed by atoms with Gasteiger partial charge in [-0.1, -0.05) is 17.7 Å². The van der Waals surface area contributed by atoms with Crippen LogP contribution in [0.5, 0.6) is 0 Å². The van der Waals surface area contributed by atoms with Crippen LogP contribution in [0.15, 0.2) is 24.3 Å². The van der Waals surface area contributed by atoms with Gasteiger partial charge in [-0.2, -0.15) is 0 Å². The molecule has 0 atom stereocenters. The van der Waals surface area contributed by atoms with Crippen LogP contribution in [0.25, 0.3) is 0 Å². The molecular weight excluding hydrogens is 270 g/mol. The van der Waals surface area contributed by atoms with E-state index in [2.05, 4.69) is 30.9 Å². The van der Waals surface area contributed by atoms with Crippen molar-refractivity contribution in [2.75, 3.05) is 6.54 Å². The normalized spacial score (nSPS) is 35.6. The van der Waals surface area contributed by atoms with Crippen LogP contribution >= 0.6 is 0 Å². The van der Waals surface area contributed by atoms with E-state index in [9.17, 15) is 4.79 Å². The van der Waals surface area contributed by atoms with Gasteiger partial charge in [0.15, 0.2) is 0 Å². The van der Waals surface area contributed by atoms with Crippen LogP contribution in [-0.4, -0.2) is 23.4 Å². The maximum atomic E-state index is 13.0. The quantitative estimate of drug-likeness (QED) is 0.815. The molecule has 0 N–H and O–H groups in total. The fourth-order valence-electron chi connectivity index (χ4n) is 5.76. The summed E-state index contributed by atoms with van der Waals surface area (Å²) in [7, 11) is 0. The maximum Gasteiger partial charge on any atom is 0.254 e. The summed E-state index contributed by atoms with van der Waals surface area (Å²) in [5.74, 6) is 3.72. The number of rotatable bonds is 3. The van der Waals surface area contributed by atoms with Gasteiger partial charge in [0.25, 0.3) is 5.91 Å². The van der Waals surface area contributed by atoms with Crippen molar-refractivity contribution in [1.82, 2.24) is 4.90 Å². The highest BCUT2D eigenvalue weighted by atomic mass is 16.2. The predicted octanol–water partition coefficient (Wildman–Crippen LogP) is 4.28. The van der Waals surface area contributed by atoms with E-state index >= 15 is 0 Å². The molecule has 0 aliphatic heterocycles. The molecule has 4 aliphatic rings. The summed E-state index contributed by atoms with van der Waals surface area (Å²) in [4.78, 5) is 15.2. The Morgan fingerprint density at radius 3 is 2.05 bits per heavy atom. The summed E-state index contributed by atoms with van der Waals surface area (Å²) in [6, 6.07) is 8.61. The Morgan fingerprint density at radius 2 is 1.55 bits per heavy atom. The fourth-order valence-corrected chi connectivity index (χ4v) is 5.76. The Kier molecular flexibility index (Phi) is 3.51. The second kappa shape index (κ2) is 5.40. The summed E-state index contributed by atoms with van der Waals surface area (Å²) < 4.78 is 0. The average Bonchev–Trinajstić information content (AvgIpc) is 2.50. The van der Waals surface area contributed by atoms with Gasteiger partial charge >= 0.3 is 0 Å². The van der Waals surface area contributed by atoms with E-state index in [1.165, 1.54) is 37.7 Å². The number of aryl methyl sites for hydroxylation is 1. The Morgan fingerprint density at radius 1 is 1.00 bits per heavy atom. The SMILES string of the molecule is CCN(C(=O)c1ccc(C)cc1)C1C2CC3CC(C2)CC1C3. The van der Waals surface area contributed by atoms with Gasteiger partial charge in [0.1, 0.15) is 0 Å². The molecule has 4 saturated carbocycles. The van der Waals surface area contributed by atoms with Crippen molar-refractivity contribution in [3.05, 3.63) is 35.4 Å². The first-order valence-corrected chi connectivity index (χ1v) is 9.03. The molecule has 1 aromatic carbocycles. The average molecular weight is 297 g/mol. The molecule has 118 valence electrons. The van der Waals surface area contributed by atoms with Gasteiger partial charge in [-0.3, -0.25) is 4.79 Å². The number of carbonyl (C=O) groups excluding carboxylic acids is 1. The highest BCUT2D eigenvalue weighted by molar-refractivity contribution is 5.94. The first-order chi connectivity index (χ1) is 10.7. The number of carbonyl (C=O) groups is 1. The molecule has 1 aromatic rings. The Bertz CT molecular complexity index is 534. The van der Waals surface area contributed by atoms with E-state index in [0.29, 0.717) is 6.04 Å². The van der Waals surface area contributed by atoms with Gasteiger partial charge in [-0.05, 0) is 81.8 Å². The molecule has 0 radical (unpaired) electrons. The molecule has 22 heavy (non-hydrogen) atoms. The van der Waals surface area contributed by atoms with Crippen molar-refractivity contribution in [1.29, 1.82) is 0 Å². The molecule has 1 amide bonds. The lowest BCUT2D eigenvalue weighted by atomic mass is 9.54. The lowest BCUT2D eigenvalue weighted by Crippen LogP contribution is -2.57. The zero-order valence-electron chi connectivity index (χ0n) is 13.8. The molecule has 0 saturated heterocycles. The summed E-state index contributed by atoms with van der Waals surface area (Å²) in [6.07, 6.45) is 6.95. The molecule has 0 spiro atoms. The topological polar surface area (TPSA) is 20.3 Å². The van der Waals surface area contributed by atoms with E-state index in [1.807, 2.05) is 12.1 Å². The van der Waals surface area contributed by atoms with E-state index in [4.69, 9.17) is 0 Å². The largest absolute Gasteiger partial charge is 0.335 e. The van der Waals surface area contributed by atoms with Crippen LogP contribution in [-0.2, 0) is 0 Å². The molecule has 0 aromatic heterocycles. The number of nitrogens with zero attached hydrogens (tertiary/aromatic N) is 1. The number of benzene rings is 1. The van der Waals surface area contributed by atoms with Gasteiger partial charge in [0.2, 0.25) is 0 Å². The summed E-state index contributed by atoms with van der Waals surface area (Å²) in [6.45, 7) is 5.07. The lowest BCUT2D eigenvalue weighted by Gasteiger charge is -2.57. The van der Waals surface area contributed by atoms with Gasteiger partial charge in [-0.25, -0.2) is 0 Å². The van der Waals surface area contributed by atoms with Crippen LogP contribution in [0, 0.1) is 30.6 Å². The van der Waals surface area contributed by atoms with Gasteiger partial charge in [-0.15, -0.1) is 0 Å². The molecule has 4 fully saturated rings. The molecular formula is C20H27NO. The molecule has 0 unspecified atom stereocenters. The van der Waals surface area contributed by atoms with Crippen LogP contribution in [0.1, 0.15) is 54.9 Å². The van der Waals surface area contributed by atoms with Crippen molar-refractivity contribution < 1.29 is 4.79 Å². The first kappa shape index (κ1) is 14.3. The molecule has 2 nitrogen and oxygen atoms in total. The monoisotopic (exact) mass is 297 g/mol. The standard InChI is InChI=1S/C20H27NO/c1-3-21(20(22)16-6-4-13(2)5-7-16)19-17-9-14-8-15(11-17)12-18(19)10-14/h4-7,14-15,17-19H,3,8-12H2,1-2H3. The van der Waals surface area contributed by atoms with Crippen LogP contribution < -0.4 is 0 Å². The molecule has 5 rings (SSSR count). The zero-order valence-corrected chi connectivity index (χ0v) is 13.8. The summed E-state index contributed by atoms with van der Waals surface area (Å²) in [5.41, 5.74) is 2.08. The van der Waals surface area contributed by atoms with Crippen molar-refractivity contribution in [2.24, 2.45) is 23.7 Å². The van der Waals surface area contributed by atoms with E-state index in [0.717, 1.165) is 35.8 Å². The van der Waals surface area contributed by atoms with Gasteiger partial charge in [0.05, 0.1) is 0 Å². The van der Waals surface area contributed by atoms with Gasteiger partial charge in [0, 0.05) is 18.2 Å². The Hall–Kier alpha value is -1.31. The number of hydrogen-bond donors (Lipinski definition) is 0. The van der Waals surface area contributed by atoms with E-state index < -0.39 is 0 Å². The molecule has 4 bridgehead atoms. The van der Waals surface area contributed by atoms with E-state index in [1.54, 1.807) is 0 Å². The van der Waals surface area contributed by atoms with Crippen LogP contribution in [0.2, 0.25) is 0 Å². The van der Waals surface area contributed by atoms with E-state index in [-0.39, 0.29) is 5.91 Å². The minimum absolute atomic E-state index is 0.250. The van der Waals surface area contributed by atoms with Crippen molar-refractivity contribution in [3.8, 4) is 0 Å². The predicted molar refractivity (Wildman–Crippen MR) is 88.7 cm³/mol. The Labute approximate surface area is 133 Å². The zero-order chi connectivity index (χ0) is 15.3. The van der Waals surface area contributed by atoms with Crippen molar-refractivity contribution >= 4 is 5.91 Å². The molecule has 2 heteroatoms. The fraction of sp³-hybridized carbons (Fsp3) is 0.650. The van der Waals surface area contributed by atoms with Crippen LogP contribution in [0.3, 0.4) is 0 Å². The molecule has 0 heterocycles. The van der Waals surface area contributed by atoms with Crippen molar-refractivity contribution in [3.63, 3.8) is 0 Å². The third-order valence-electron chi connectivity index (χ3n) is 6.44. The molecule has 4 aliphatic carbocycles. The van der Waals surface area contributed by atoms with Gasteiger partial charge < -0.3 is 4.90 Å². The number of amides is 1. The summed E-state index contributed by atoms with van der Waals surface area (Å²) in [5, 5.41) is 0. The third kappa shape index (κ3) is 2.28. The smallest absolute Gasteiger partial charge is 0.254 e. The highest BCUT2D eigenvalue weighted by Crippen LogP contribution is 2.55. The summed E-state index contributed by atoms with van der Waals surface area (Å²) >= 11 is 0. The Balaban J connectivity index is 1.59. The van der Waals surface area contributed by atoms with Crippen molar-refractivity contribution in [2.45, 2.75) is 52.0 Å².